The Labute approximate surface area is 105 Å². The number of nitro benzene ring substituents is 1. The second-order valence-electron chi connectivity index (χ2n) is 4.25. The van der Waals surface area contributed by atoms with Crippen LogP contribution in [-0.2, 0) is 15.8 Å². The molecule has 0 bridgehead atoms. The normalized spacial score (nSPS) is 16.9. The fraction of sp³-hybridized carbons (Fsp3) is 0.455. The second-order valence-corrected chi connectivity index (χ2v) is 6.22. The molecule has 1 aromatic carbocycles. The third-order valence-corrected chi connectivity index (χ3v) is 4.81. The van der Waals surface area contributed by atoms with Gasteiger partial charge in [-0.2, -0.15) is 0 Å². The number of hydrogen-bond donors (Lipinski definition) is 0. The van der Waals surface area contributed by atoms with Gasteiger partial charge in [-0.1, -0.05) is 18.2 Å². The van der Waals surface area contributed by atoms with Crippen LogP contribution in [0.2, 0.25) is 0 Å². The third-order valence-electron chi connectivity index (χ3n) is 2.98. The monoisotopic (exact) mass is 270 g/mol. The smallest absolute Gasteiger partial charge is 0.258 e. The fourth-order valence-corrected chi connectivity index (χ4v) is 3.70. The van der Waals surface area contributed by atoms with E-state index in [1.807, 2.05) is 0 Å². The van der Waals surface area contributed by atoms with Gasteiger partial charge in [0.2, 0.25) is 10.0 Å². The van der Waals surface area contributed by atoms with Crippen molar-refractivity contribution in [3.8, 4) is 0 Å². The van der Waals surface area contributed by atoms with E-state index in [-0.39, 0.29) is 17.0 Å². The molecular formula is C11H14N2O4S. The first-order valence-electron chi connectivity index (χ1n) is 5.71. The molecule has 0 aliphatic carbocycles. The molecule has 1 saturated heterocycles. The Morgan fingerprint density at radius 1 is 1.22 bits per heavy atom. The molecule has 0 atom stereocenters. The van der Waals surface area contributed by atoms with Crippen molar-refractivity contribution in [2.24, 2.45) is 0 Å². The lowest BCUT2D eigenvalue weighted by atomic mass is 10.2. The van der Waals surface area contributed by atoms with Crippen molar-refractivity contribution in [1.29, 1.82) is 0 Å². The van der Waals surface area contributed by atoms with E-state index in [0.29, 0.717) is 13.1 Å². The molecule has 1 heterocycles. The SMILES string of the molecule is O=[N+]([O-])c1ccccc1CS(=O)(=O)N1CCCC1. The average Bonchev–Trinajstić information content (AvgIpc) is 2.83. The maximum atomic E-state index is 12.1. The summed E-state index contributed by atoms with van der Waals surface area (Å²) in [4.78, 5) is 10.3. The molecule has 1 fully saturated rings. The largest absolute Gasteiger partial charge is 0.273 e. The van der Waals surface area contributed by atoms with E-state index in [2.05, 4.69) is 0 Å². The predicted octanol–water partition coefficient (Wildman–Crippen LogP) is 1.52. The van der Waals surface area contributed by atoms with Crippen LogP contribution in [0, 0.1) is 10.1 Å². The Kier molecular flexibility index (Phi) is 3.63. The number of para-hydroxylation sites is 1. The molecule has 1 aliphatic rings. The molecule has 0 radical (unpaired) electrons. The second kappa shape index (κ2) is 5.03. The van der Waals surface area contributed by atoms with Crippen molar-refractivity contribution in [2.75, 3.05) is 13.1 Å². The molecule has 6 nitrogen and oxygen atoms in total. The Morgan fingerprint density at radius 3 is 2.44 bits per heavy atom. The molecule has 0 amide bonds. The lowest BCUT2D eigenvalue weighted by molar-refractivity contribution is -0.385. The standard InChI is InChI=1S/C11H14N2O4S/c14-13(15)11-6-2-1-5-10(11)9-18(16,17)12-7-3-4-8-12/h1-2,5-6H,3-4,7-9H2. The van der Waals surface area contributed by atoms with Gasteiger partial charge in [0.25, 0.3) is 5.69 Å². The van der Waals surface area contributed by atoms with Crippen LogP contribution in [0.5, 0.6) is 0 Å². The summed E-state index contributed by atoms with van der Waals surface area (Å²) in [5, 5.41) is 10.8. The van der Waals surface area contributed by atoms with E-state index in [1.54, 1.807) is 6.07 Å². The Hall–Kier alpha value is -1.47. The molecule has 0 unspecified atom stereocenters. The molecule has 1 aromatic rings. The highest BCUT2D eigenvalue weighted by atomic mass is 32.2. The Morgan fingerprint density at radius 2 is 1.83 bits per heavy atom. The van der Waals surface area contributed by atoms with Crippen LogP contribution in [0.1, 0.15) is 18.4 Å². The first kappa shape index (κ1) is 13.0. The summed E-state index contributed by atoms with van der Waals surface area (Å²) in [7, 11) is -3.44. The summed E-state index contributed by atoms with van der Waals surface area (Å²) < 4.78 is 25.6. The van der Waals surface area contributed by atoms with Gasteiger partial charge in [0.05, 0.1) is 10.7 Å². The van der Waals surface area contributed by atoms with Crippen LogP contribution in [0.3, 0.4) is 0 Å². The molecule has 0 spiro atoms. The summed E-state index contributed by atoms with van der Waals surface area (Å²) in [5.41, 5.74) is 0.106. The van der Waals surface area contributed by atoms with Crippen molar-refractivity contribution < 1.29 is 13.3 Å². The van der Waals surface area contributed by atoms with Crippen molar-refractivity contribution in [3.05, 3.63) is 39.9 Å². The molecule has 0 N–H and O–H groups in total. The van der Waals surface area contributed by atoms with Gasteiger partial charge in [-0.3, -0.25) is 10.1 Å². The third kappa shape index (κ3) is 2.68. The van der Waals surface area contributed by atoms with Gasteiger partial charge in [0, 0.05) is 24.7 Å². The van der Waals surface area contributed by atoms with E-state index in [9.17, 15) is 18.5 Å². The summed E-state index contributed by atoms with van der Waals surface area (Å²) in [6.07, 6.45) is 1.71. The van der Waals surface area contributed by atoms with E-state index in [4.69, 9.17) is 0 Å². The van der Waals surface area contributed by atoms with Crippen molar-refractivity contribution in [2.45, 2.75) is 18.6 Å². The topological polar surface area (TPSA) is 80.5 Å². The summed E-state index contributed by atoms with van der Waals surface area (Å²) >= 11 is 0. The Balaban J connectivity index is 2.26. The first-order chi connectivity index (χ1) is 8.50. The van der Waals surface area contributed by atoms with E-state index >= 15 is 0 Å². The number of sulfonamides is 1. The number of benzene rings is 1. The van der Waals surface area contributed by atoms with Crippen LogP contribution in [0.25, 0.3) is 0 Å². The maximum Gasteiger partial charge on any atom is 0.273 e. The van der Waals surface area contributed by atoms with Crippen LogP contribution in [0.15, 0.2) is 24.3 Å². The quantitative estimate of drug-likeness (QED) is 0.613. The highest BCUT2D eigenvalue weighted by molar-refractivity contribution is 7.88. The van der Waals surface area contributed by atoms with Gasteiger partial charge in [0.15, 0.2) is 0 Å². The lowest BCUT2D eigenvalue weighted by Crippen LogP contribution is -2.29. The summed E-state index contributed by atoms with van der Waals surface area (Å²) in [6.45, 7) is 1.03. The number of hydrogen-bond acceptors (Lipinski definition) is 4. The van der Waals surface area contributed by atoms with Crippen LogP contribution in [-0.4, -0.2) is 30.7 Å². The minimum atomic E-state index is -3.44. The molecular weight excluding hydrogens is 256 g/mol. The summed E-state index contributed by atoms with van der Waals surface area (Å²) in [6, 6.07) is 5.96. The minimum Gasteiger partial charge on any atom is -0.258 e. The lowest BCUT2D eigenvalue weighted by Gasteiger charge is -2.15. The molecule has 7 heteroatoms. The maximum absolute atomic E-state index is 12.1. The van der Waals surface area contributed by atoms with Gasteiger partial charge in [-0.15, -0.1) is 0 Å². The first-order valence-corrected chi connectivity index (χ1v) is 7.32. The van der Waals surface area contributed by atoms with Crippen LogP contribution >= 0.6 is 0 Å². The van der Waals surface area contributed by atoms with Gasteiger partial charge < -0.3 is 0 Å². The van der Waals surface area contributed by atoms with Gasteiger partial charge in [-0.05, 0) is 12.8 Å². The molecule has 2 rings (SSSR count). The number of nitro groups is 1. The van der Waals surface area contributed by atoms with Crippen molar-refractivity contribution >= 4 is 15.7 Å². The van der Waals surface area contributed by atoms with Gasteiger partial charge in [0.1, 0.15) is 0 Å². The molecule has 0 saturated carbocycles. The van der Waals surface area contributed by atoms with Gasteiger partial charge >= 0.3 is 0 Å². The van der Waals surface area contributed by atoms with Crippen LogP contribution < -0.4 is 0 Å². The van der Waals surface area contributed by atoms with Crippen molar-refractivity contribution in [1.82, 2.24) is 4.31 Å². The van der Waals surface area contributed by atoms with E-state index in [1.165, 1.54) is 22.5 Å². The van der Waals surface area contributed by atoms with Crippen molar-refractivity contribution in [3.63, 3.8) is 0 Å². The van der Waals surface area contributed by atoms with Crippen LogP contribution in [0.4, 0.5) is 5.69 Å². The zero-order valence-electron chi connectivity index (χ0n) is 9.78. The summed E-state index contributed by atoms with van der Waals surface area (Å²) in [5.74, 6) is -0.301. The Bertz CT molecular complexity index is 550. The van der Waals surface area contributed by atoms with E-state index in [0.717, 1.165) is 12.8 Å². The predicted molar refractivity (Wildman–Crippen MR) is 66.5 cm³/mol. The molecule has 0 aromatic heterocycles. The highest BCUT2D eigenvalue weighted by Crippen LogP contribution is 2.23. The highest BCUT2D eigenvalue weighted by Gasteiger charge is 2.27. The van der Waals surface area contributed by atoms with Gasteiger partial charge in [-0.25, -0.2) is 12.7 Å². The zero-order chi connectivity index (χ0) is 13.2. The fourth-order valence-electron chi connectivity index (χ4n) is 2.07. The minimum absolute atomic E-state index is 0.139. The molecule has 1 aliphatic heterocycles. The number of rotatable bonds is 4. The number of nitrogens with zero attached hydrogens (tertiary/aromatic N) is 2. The molecule has 98 valence electrons. The average molecular weight is 270 g/mol. The van der Waals surface area contributed by atoms with E-state index < -0.39 is 14.9 Å². The zero-order valence-corrected chi connectivity index (χ0v) is 10.6. The molecule has 18 heavy (non-hydrogen) atoms.